The van der Waals surface area contributed by atoms with Crippen LogP contribution < -0.4 is 10.3 Å². The highest BCUT2D eigenvalue weighted by molar-refractivity contribution is 5.84. The van der Waals surface area contributed by atoms with Crippen LogP contribution in [0.2, 0.25) is 0 Å². The number of carbonyl (C=O) groups excluding carboxylic acids is 1. The van der Waals surface area contributed by atoms with E-state index >= 15 is 0 Å². The first-order valence-electron chi connectivity index (χ1n) is 9.79. The van der Waals surface area contributed by atoms with Gasteiger partial charge in [0.2, 0.25) is 5.82 Å². The van der Waals surface area contributed by atoms with Gasteiger partial charge < -0.3 is 4.90 Å². The number of anilines is 1. The zero-order valence-corrected chi connectivity index (χ0v) is 16.6. The van der Waals surface area contributed by atoms with Crippen molar-refractivity contribution in [3.05, 3.63) is 64.2 Å². The van der Waals surface area contributed by atoms with E-state index in [2.05, 4.69) is 25.9 Å². The lowest BCUT2D eigenvalue weighted by atomic mass is 10.1. The molecule has 1 aliphatic rings. The van der Waals surface area contributed by atoms with Gasteiger partial charge in [0, 0.05) is 30.3 Å². The van der Waals surface area contributed by atoms with Crippen molar-refractivity contribution >= 4 is 23.5 Å². The number of hydrogen-bond acceptors (Lipinski definition) is 8. The van der Waals surface area contributed by atoms with Gasteiger partial charge in [0.05, 0.1) is 11.1 Å². The number of amides is 1. The van der Waals surface area contributed by atoms with E-state index in [1.54, 1.807) is 12.1 Å². The molecule has 3 aromatic rings. The number of aromatic nitrogens is 4. The van der Waals surface area contributed by atoms with Crippen molar-refractivity contribution in [1.82, 2.24) is 25.6 Å². The summed E-state index contributed by atoms with van der Waals surface area (Å²) in [6.07, 6.45) is 3.42. The molecule has 158 valence electrons. The molecular formula is C20H20N8O3. The average Bonchev–Trinajstić information content (AvgIpc) is 3.47. The molecule has 1 fully saturated rings. The highest BCUT2D eigenvalue weighted by Gasteiger charge is 2.22. The Balaban J connectivity index is 1.37. The van der Waals surface area contributed by atoms with E-state index in [9.17, 15) is 14.9 Å². The molecular weight excluding hydrogens is 400 g/mol. The van der Waals surface area contributed by atoms with Crippen LogP contribution >= 0.6 is 0 Å². The van der Waals surface area contributed by atoms with Crippen LogP contribution in [0.15, 0.2) is 53.6 Å². The van der Waals surface area contributed by atoms with E-state index < -0.39 is 10.8 Å². The van der Waals surface area contributed by atoms with Crippen molar-refractivity contribution in [1.29, 1.82) is 0 Å². The topological polar surface area (TPSA) is 131 Å². The Bertz CT molecular complexity index is 1110. The molecule has 0 aliphatic carbocycles. The van der Waals surface area contributed by atoms with Crippen LogP contribution in [-0.2, 0) is 11.3 Å². The fourth-order valence-electron chi connectivity index (χ4n) is 3.35. The maximum absolute atomic E-state index is 12.1. The van der Waals surface area contributed by atoms with Crippen LogP contribution in [0.1, 0.15) is 18.4 Å². The largest absolute Gasteiger partial charge is 0.366 e. The minimum absolute atomic E-state index is 0.0254. The van der Waals surface area contributed by atoms with Crippen LogP contribution in [0.25, 0.3) is 11.4 Å². The number of nitro benzene ring substituents is 1. The fraction of sp³-hybridized carbons (Fsp3) is 0.250. The van der Waals surface area contributed by atoms with Crippen molar-refractivity contribution < 1.29 is 9.72 Å². The summed E-state index contributed by atoms with van der Waals surface area (Å²) in [5.74, 6) is -0.0289. The third kappa shape index (κ3) is 4.89. The molecule has 0 radical (unpaired) electrons. The SMILES string of the molecule is O=C(Cn1nnc(-c2ccccc2)n1)NN=Cc1ccc(N2CCCC2)c([N+](=O)[O-])c1. The van der Waals surface area contributed by atoms with E-state index in [0.29, 0.717) is 17.1 Å². The zero-order valence-electron chi connectivity index (χ0n) is 16.6. The molecule has 0 bridgehead atoms. The molecule has 0 atom stereocenters. The molecule has 4 rings (SSSR count). The first kappa shape index (κ1) is 20.1. The van der Waals surface area contributed by atoms with Crippen molar-refractivity contribution in [2.75, 3.05) is 18.0 Å². The second-order valence-electron chi connectivity index (χ2n) is 7.00. The molecule has 0 spiro atoms. The summed E-state index contributed by atoms with van der Waals surface area (Å²) in [6, 6.07) is 14.2. The van der Waals surface area contributed by atoms with Gasteiger partial charge in [-0.2, -0.15) is 9.90 Å². The smallest absolute Gasteiger partial charge is 0.293 e. The summed E-state index contributed by atoms with van der Waals surface area (Å²) in [6.45, 7) is 1.46. The van der Waals surface area contributed by atoms with Gasteiger partial charge in [-0.05, 0) is 24.1 Å². The molecule has 1 N–H and O–H groups in total. The second-order valence-corrected chi connectivity index (χ2v) is 7.00. The molecule has 11 nitrogen and oxygen atoms in total. The molecule has 1 saturated heterocycles. The van der Waals surface area contributed by atoms with Crippen molar-refractivity contribution in [2.45, 2.75) is 19.4 Å². The van der Waals surface area contributed by atoms with Gasteiger partial charge in [-0.3, -0.25) is 14.9 Å². The number of benzene rings is 2. The van der Waals surface area contributed by atoms with Crippen LogP contribution in [0.4, 0.5) is 11.4 Å². The lowest BCUT2D eigenvalue weighted by Crippen LogP contribution is -2.24. The first-order chi connectivity index (χ1) is 15.1. The molecule has 31 heavy (non-hydrogen) atoms. The summed E-state index contributed by atoms with van der Waals surface area (Å²) in [4.78, 5) is 26.3. The van der Waals surface area contributed by atoms with Gasteiger partial charge in [-0.25, -0.2) is 5.43 Å². The molecule has 2 heterocycles. The van der Waals surface area contributed by atoms with Crippen LogP contribution in [-0.4, -0.2) is 50.3 Å². The minimum Gasteiger partial charge on any atom is -0.366 e. The van der Waals surface area contributed by atoms with Crippen LogP contribution in [0.3, 0.4) is 0 Å². The Morgan fingerprint density at radius 1 is 1.19 bits per heavy atom. The highest BCUT2D eigenvalue weighted by atomic mass is 16.6. The maximum Gasteiger partial charge on any atom is 0.293 e. The lowest BCUT2D eigenvalue weighted by Gasteiger charge is -2.17. The van der Waals surface area contributed by atoms with Gasteiger partial charge in [0.15, 0.2) is 0 Å². The number of hydrogen-bond donors (Lipinski definition) is 1. The van der Waals surface area contributed by atoms with E-state index in [1.165, 1.54) is 17.1 Å². The van der Waals surface area contributed by atoms with Gasteiger partial charge in [-0.15, -0.1) is 10.2 Å². The molecule has 11 heteroatoms. The first-order valence-corrected chi connectivity index (χ1v) is 9.79. The quantitative estimate of drug-likeness (QED) is 0.351. The third-order valence-corrected chi connectivity index (χ3v) is 4.82. The van der Waals surface area contributed by atoms with E-state index in [0.717, 1.165) is 31.5 Å². The standard InChI is InChI=1S/C20H20N8O3/c29-19(14-27-24-20(23-25-27)16-6-2-1-3-7-16)22-21-13-15-8-9-17(18(12-15)28(30)31)26-10-4-5-11-26/h1-3,6-9,12-13H,4-5,10-11,14H2,(H,22,29). The Labute approximate surface area is 177 Å². The summed E-state index contributed by atoms with van der Waals surface area (Å²) >= 11 is 0. The average molecular weight is 420 g/mol. The maximum atomic E-state index is 12.1. The number of hydrazone groups is 1. The van der Waals surface area contributed by atoms with Crippen molar-refractivity contribution in [3.63, 3.8) is 0 Å². The predicted molar refractivity (Wildman–Crippen MR) is 114 cm³/mol. The molecule has 1 amide bonds. The van der Waals surface area contributed by atoms with Crippen LogP contribution in [0, 0.1) is 10.1 Å². The van der Waals surface area contributed by atoms with Gasteiger partial charge in [0.1, 0.15) is 12.2 Å². The predicted octanol–water partition coefficient (Wildman–Crippen LogP) is 2.00. The minimum atomic E-state index is -0.448. The number of nitro groups is 1. The number of nitrogens with zero attached hydrogens (tertiary/aromatic N) is 7. The van der Waals surface area contributed by atoms with Gasteiger partial charge in [0.25, 0.3) is 11.6 Å². The fourth-order valence-corrected chi connectivity index (χ4v) is 3.35. The number of nitrogens with one attached hydrogen (secondary N) is 1. The number of rotatable bonds is 7. The summed E-state index contributed by atoms with van der Waals surface area (Å²) in [5.41, 5.74) is 4.31. The normalized spacial score (nSPS) is 13.6. The van der Waals surface area contributed by atoms with Gasteiger partial charge in [-0.1, -0.05) is 36.4 Å². The molecule has 0 saturated carbocycles. The third-order valence-electron chi connectivity index (χ3n) is 4.82. The van der Waals surface area contributed by atoms with E-state index in [1.807, 2.05) is 35.2 Å². The lowest BCUT2D eigenvalue weighted by molar-refractivity contribution is -0.384. The summed E-state index contributed by atoms with van der Waals surface area (Å²) < 4.78 is 0. The Hall–Kier alpha value is -4.15. The van der Waals surface area contributed by atoms with Crippen LogP contribution in [0.5, 0.6) is 0 Å². The summed E-state index contributed by atoms with van der Waals surface area (Å²) in [7, 11) is 0. The highest BCUT2D eigenvalue weighted by Crippen LogP contribution is 2.31. The number of carbonyl (C=O) groups is 1. The molecule has 0 unspecified atom stereocenters. The van der Waals surface area contributed by atoms with Crippen molar-refractivity contribution in [2.24, 2.45) is 5.10 Å². The Morgan fingerprint density at radius 2 is 1.97 bits per heavy atom. The summed E-state index contributed by atoms with van der Waals surface area (Å²) in [5, 5.41) is 27.3. The van der Waals surface area contributed by atoms with Gasteiger partial charge >= 0.3 is 0 Å². The Morgan fingerprint density at radius 3 is 2.71 bits per heavy atom. The molecule has 2 aromatic carbocycles. The van der Waals surface area contributed by atoms with E-state index in [-0.39, 0.29) is 12.2 Å². The second kappa shape index (κ2) is 9.11. The molecule has 1 aliphatic heterocycles. The van der Waals surface area contributed by atoms with Crippen molar-refractivity contribution in [3.8, 4) is 11.4 Å². The van der Waals surface area contributed by atoms with E-state index in [4.69, 9.17) is 0 Å². The molecule has 1 aromatic heterocycles. The zero-order chi connectivity index (χ0) is 21.6. The number of tetrazole rings is 1. The monoisotopic (exact) mass is 420 g/mol. The Kier molecular flexibility index (Phi) is 5.92.